The molecule has 2 heteroatoms. The van der Waals surface area contributed by atoms with Crippen molar-refractivity contribution in [2.45, 2.75) is 39.2 Å². The molecular weight excluding hydrogens is 148 g/mol. The summed E-state index contributed by atoms with van der Waals surface area (Å²) in [5, 5.41) is 11.9. The minimum absolute atomic E-state index is 0.113. The van der Waals surface area contributed by atoms with Crippen LogP contribution in [0.2, 0.25) is 0 Å². The molecule has 1 saturated heterocycles. The summed E-state index contributed by atoms with van der Waals surface area (Å²) in [5.74, 6) is 1.54. The van der Waals surface area contributed by atoms with Crippen molar-refractivity contribution in [1.82, 2.24) is 5.32 Å². The van der Waals surface area contributed by atoms with Crippen LogP contribution >= 0.6 is 0 Å². The molecule has 2 atom stereocenters. The molecule has 0 unspecified atom stereocenters. The lowest BCUT2D eigenvalue weighted by Crippen LogP contribution is -2.37. The van der Waals surface area contributed by atoms with Crippen molar-refractivity contribution in [1.29, 1.82) is 5.26 Å². The van der Waals surface area contributed by atoms with Crippen LogP contribution < -0.4 is 5.32 Å². The average Bonchev–Trinajstić information content (AvgIpc) is 2.03. The second kappa shape index (κ2) is 4.47. The number of nitrogens with zero attached hydrogens (tertiary/aromatic N) is 1. The van der Waals surface area contributed by atoms with E-state index in [9.17, 15) is 0 Å². The number of rotatable bonds is 2. The summed E-state index contributed by atoms with van der Waals surface area (Å²) >= 11 is 0. The van der Waals surface area contributed by atoms with Crippen LogP contribution in [0.1, 0.15) is 33.1 Å². The van der Waals surface area contributed by atoms with E-state index in [-0.39, 0.29) is 6.04 Å². The molecule has 0 aromatic heterocycles. The molecule has 0 spiro atoms. The van der Waals surface area contributed by atoms with E-state index in [1.807, 2.05) is 0 Å². The second-order valence-corrected chi connectivity index (χ2v) is 4.16. The lowest BCUT2D eigenvalue weighted by molar-refractivity contribution is 0.292. The van der Waals surface area contributed by atoms with Gasteiger partial charge < -0.3 is 5.32 Å². The zero-order valence-electron chi connectivity index (χ0n) is 8.01. The average molecular weight is 166 g/mol. The molecule has 0 aliphatic carbocycles. The summed E-state index contributed by atoms with van der Waals surface area (Å²) in [6.45, 7) is 5.53. The van der Waals surface area contributed by atoms with E-state index >= 15 is 0 Å². The summed E-state index contributed by atoms with van der Waals surface area (Å²) < 4.78 is 0. The van der Waals surface area contributed by atoms with Crippen molar-refractivity contribution < 1.29 is 0 Å². The first-order valence-corrected chi connectivity index (χ1v) is 4.85. The van der Waals surface area contributed by atoms with Crippen molar-refractivity contribution in [3.05, 3.63) is 0 Å². The fourth-order valence-corrected chi connectivity index (χ4v) is 1.98. The molecule has 0 saturated carbocycles. The fourth-order valence-electron chi connectivity index (χ4n) is 1.98. The highest BCUT2D eigenvalue weighted by Crippen LogP contribution is 2.23. The molecule has 0 amide bonds. The first-order chi connectivity index (χ1) is 5.72. The lowest BCUT2D eigenvalue weighted by atomic mass is 9.86. The molecule has 2 nitrogen and oxygen atoms in total. The minimum atomic E-state index is 0.113. The predicted octanol–water partition coefficient (Wildman–Crippen LogP) is 1.92. The van der Waals surface area contributed by atoms with Crippen LogP contribution in [0.3, 0.4) is 0 Å². The minimum Gasteiger partial charge on any atom is -0.302 e. The third-order valence-corrected chi connectivity index (χ3v) is 2.47. The van der Waals surface area contributed by atoms with E-state index in [1.165, 1.54) is 12.8 Å². The first kappa shape index (κ1) is 9.54. The summed E-state index contributed by atoms with van der Waals surface area (Å²) in [6, 6.07) is 2.41. The first-order valence-electron chi connectivity index (χ1n) is 4.85. The summed E-state index contributed by atoms with van der Waals surface area (Å²) in [6.07, 6.45) is 3.57. The molecule has 1 fully saturated rings. The van der Waals surface area contributed by atoms with Gasteiger partial charge in [0, 0.05) is 0 Å². The Morgan fingerprint density at radius 3 is 2.92 bits per heavy atom. The van der Waals surface area contributed by atoms with Crippen molar-refractivity contribution in [3.63, 3.8) is 0 Å². The fraction of sp³-hybridized carbons (Fsp3) is 0.900. The van der Waals surface area contributed by atoms with Crippen LogP contribution in [-0.4, -0.2) is 12.6 Å². The zero-order chi connectivity index (χ0) is 8.97. The largest absolute Gasteiger partial charge is 0.302 e. The number of nitrogens with one attached hydrogen (secondary N) is 1. The molecule has 0 bridgehead atoms. The van der Waals surface area contributed by atoms with Gasteiger partial charge in [-0.05, 0) is 37.6 Å². The van der Waals surface area contributed by atoms with Crippen molar-refractivity contribution in [2.24, 2.45) is 11.8 Å². The number of hydrogen-bond acceptors (Lipinski definition) is 2. The van der Waals surface area contributed by atoms with E-state index in [0.717, 1.165) is 24.8 Å². The molecular formula is C10H18N2. The third-order valence-electron chi connectivity index (χ3n) is 2.47. The summed E-state index contributed by atoms with van der Waals surface area (Å²) in [7, 11) is 0. The van der Waals surface area contributed by atoms with Crippen molar-refractivity contribution in [2.75, 3.05) is 6.54 Å². The van der Waals surface area contributed by atoms with Gasteiger partial charge in [-0.2, -0.15) is 5.26 Å². The lowest BCUT2D eigenvalue weighted by Gasteiger charge is -2.27. The van der Waals surface area contributed by atoms with Gasteiger partial charge in [-0.25, -0.2) is 0 Å². The van der Waals surface area contributed by atoms with Crippen LogP contribution in [-0.2, 0) is 0 Å². The smallest absolute Gasteiger partial charge is 0.0955 e. The van der Waals surface area contributed by atoms with Gasteiger partial charge in [0.15, 0.2) is 0 Å². The zero-order valence-corrected chi connectivity index (χ0v) is 8.01. The van der Waals surface area contributed by atoms with Gasteiger partial charge in [0.2, 0.25) is 0 Å². The maximum Gasteiger partial charge on any atom is 0.0955 e. The highest BCUT2D eigenvalue weighted by molar-refractivity contribution is 4.94. The molecule has 1 aliphatic rings. The van der Waals surface area contributed by atoms with Crippen molar-refractivity contribution in [3.8, 4) is 6.07 Å². The molecule has 1 aliphatic heterocycles. The van der Waals surface area contributed by atoms with Gasteiger partial charge in [-0.1, -0.05) is 13.8 Å². The Labute approximate surface area is 75.0 Å². The van der Waals surface area contributed by atoms with E-state index < -0.39 is 0 Å². The van der Waals surface area contributed by atoms with Crippen LogP contribution in [0.25, 0.3) is 0 Å². The Morgan fingerprint density at radius 2 is 2.33 bits per heavy atom. The Bertz CT molecular complexity index is 169. The highest BCUT2D eigenvalue weighted by atomic mass is 14.9. The molecule has 1 rings (SSSR count). The predicted molar refractivity (Wildman–Crippen MR) is 49.6 cm³/mol. The van der Waals surface area contributed by atoms with E-state index in [1.54, 1.807) is 0 Å². The third kappa shape index (κ3) is 2.83. The number of hydrogen-bond donors (Lipinski definition) is 1. The quantitative estimate of drug-likeness (QED) is 0.680. The monoisotopic (exact) mass is 166 g/mol. The molecule has 12 heavy (non-hydrogen) atoms. The van der Waals surface area contributed by atoms with Gasteiger partial charge in [0.25, 0.3) is 0 Å². The normalized spacial score (nSPS) is 30.2. The Hall–Kier alpha value is -0.550. The van der Waals surface area contributed by atoms with Gasteiger partial charge in [-0.3, -0.25) is 0 Å². The van der Waals surface area contributed by atoms with Crippen molar-refractivity contribution >= 4 is 0 Å². The Kier molecular flexibility index (Phi) is 3.55. The summed E-state index contributed by atoms with van der Waals surface area (Å²) in [5.41, 5.74) is 0. The van der Waals surface area contributed by atoms with E-state index in [2.05, 4.69) is 25.2 Å². The van der Waals surface area contributed by atoms with Crippen LogP contribution in [0.5, 0.6) is 0 Å². The molecule has 1 heterocycles. The Morgan fingerprint density at radius 1 is 1.58 bits per heavy atom. The van der Waals surface area contributed by atoms with Gasteiger partial charge in [0.1, 0.15) is 0 Å². The van der Waals surface area contributed by atoms with Crippen LogP contribution in [0.4, 0.5) is 0 Å². The molecule has 0 aromatic rings. The number of nitriles is 1. The topological polar surface area (TPSA) is 35.8 Å². The van der Waals surface area contributed by atoms with Gasteiger partial charge in [-0.15, -0.1) is 0 Å². The van der Waals surface area contributed by atoms with Gasteiger partial charge >= 0.3 is 0 Å². The number of piperidine rings is 1. The van der Waals surface area contributed by atoms with Crippen LogP contribution in [0.15, 0.2) is 0 Å². The van der Waals surface area contributed by atoms with E-state index in [4.69, 9.17) is 5.26 Å². The maximum atomic E-state index is 8.73. The molecule has 0 radical (unpaired) electrons. The molecule has 1 N–H and O–H groups in total. The highest BCUT2D eigenvalue weighted by Gasteiger charge is 2.21. The summed E-state index contributed by atoms with van der Waals surface area (Å²) in [4.78, 5) is 0. The van der Waals surface area contributed by atoms with E-state index in [0.29, 0.717) is 0 Å². The van der Waals surface area contributed by atoms with Crippen LogP contribution in [0, 0.1) is 23.2 Å². The maximum absolute atomic E-state index is 8.73. The standard InChI is InChI=1S/C10H18N2/c1-8(2)5-9-3-4-12-10(6-9)7-11/h8-10,12H,3-6H2,1-2H3/t9-,10+/m0/s1. The molecule has 68 valence electrons. The Balaban J connectivity index is 2.32. The second-order valence-electron chi connectivity index (χ2n) is 4.16. The SMILES string of the molecule is CC(C)C[C@@H]1CCN[C@@H](C#N)C1. The molecule has 0 aromatic carbocycles. The van der Waals surface area contributed by atoms with Gasteiger partial charge in [0.05, 0.1) is 12.1 Å².